The molecule has 0 radical (unpaired) electrons. The normalized spacial score (nSPS) is 17.1. The van der Waals surface area contributed by atoms with Crippen LogP contribution in [0.5, 0.6) is 0 Å². The average Bonchev–Trinajstić information content (AvgIpc) is 2.89. The van der Waals surface area contributed by atoms with Gasteiger partial charge in [-0.1, -0.05) is 5.21 Å². The zero-order valence-corrected chi connectivity index (χ0v) is 12.1. The minimum absolute atomic E-state index is 0.585. The Labute approximate surface area is 118 Å². The summed E-state index contributed by atoms with van der Waals surface area (Å²) in [6.45, 7) is 0.907. The van der Waals surface area contributed by atoms with Crippen molar-refractivity contribution in [1.82, 2.24) is 24.8 Å². The van der Waals surface area contributed by atoms with E-state index in [1.165, 1.54) is 12.8 Å². The summed E-state index contributed by atoms with van der Waals surface area (Å²) in [6.07, 6.45) is 5.44. The quantitative estimate of drug-likeness (QED) is 0.831. The van der Waals surface area contributed by atoms with Gasteiger partial charge in [0, 0.05) is 25.4 Å². The highest BCUT2D eigenvalue weighted by Crippen LogP contribution is 2.30. The molecule has 1 saturated carbocycles. The molecule has 96 valence electrons. The molecule has 0 aliphatic heterocycles. The summed E-state index contributed by atoms with van der Waals surface area (Å²) >= 11 is 2.11. The second-order valence-electron chi connectivity index (χ2n) is 4.76. The zero-order valence-electron chi connectivity index (χ0n) is 9.99. The average molecular weight is 359 g/mol. The molecule has 0 aromatic carbocycles. The monoisotopic (exact) mass is 359 g/mol. The molecule has 0 amide bonds. The minimum Gasteiger partial charge on any atom is -0.382 e. The number of nitrogens with zero attached hydrogens (tertiary/aromatic N) is 5. The Balaban J connectivity index is 1.80. The van der Waals surface area contributed by atoms with Gasteiger partial charge in [0.05, 0.1) is 6.20 Å². The van der Waals surface area contributed by atoms with Crippen molar-refractivity contribution in [2.75, 3.05) is 0 Å². The maximum absolute atomic E-state index is 10.3. The highest BCUT2D eigenvalue weighted by Gasteiger charge is 2.24. The fraction of sp³-hybridized carbons (Fsp3) is 0.545. The van der Waals surface area contributed by atoms with Crippen molar-refractivity contribution in [3.63, 3.8) is 0 Å². The third kappa shape index (κ3) is 2.41. The third-order valence-electron chi connectivity index (χ3n) is 3.08. The minimum atomic E-state index is -0.751. The number of hydrogen-bond acceptors (Lipinski definition) is 4. The number of rotatable bonds is 4. The molecule has 6 nitrogen and oxygen atoms in total. The van der Waals surface area contributed by atoms with Crippen LogP contribution in [0.1, 0.15) is 30.2 Å². The Morgan fingerprint density at radius 3 is 2.89 bits per heavy atom. The molecule has 1 atom stereocenters. The molecule has 1 unspecified atom stereocenters. The van der Waals surface area contributed by atoms with Gasteiger partial charge in [-0.25, -0.2) is 0 Å². The molecule has 1 aliphatic carbocycles. The number of aromatic nitrogens is 5. The lowest BCUT2D eigenvalue weighted by Crippen LogP contribution is -2.01. The number of aliphatic hydroxyl groups excluding tert-OH is 1. The molecule has 1 N–H and O–H groups in total. The molecule has 1 fully saturated rings. The van der Waals surface area contributed by atoms with E-state index in [1.54, 1.807) is 4.68 Å². The van der Waals surface area contributed by atoms with Crippen molar-refractivity contribution in [3.05, 3.63) is 27.4 Å². The highest BCUT2D eigenvalue weighted by atomic mass is 127. The molecular weight excluding hydrogens is 345 g/mol. The molecule has 3 rings (SSSR count). The highest BCUT2D eigenvalue weighted by molar-refractivity contribution is 14.1. The number of halogens is 1. The van der Waals surface area contributed by atoms with E-state index in [-0.39, 0.29) is 0 Å². The summed E-state index contributed by atoms with van der Waals surface area (Å²) in [5.74, 6) is 0.746. The molecule has 0 spiro atoms. The Morgan fingerprint density at radius 2 is 2.28 bits per heavy atom. The lowest BCUT2D eigenvalue weighted by atomic mass is 10.1. The lowest BCUT2D eigenvalue weighted by molar-refractivity contribution is 0.214. The molecular formula is C11H14IN5O. The van der Waals surface area contributed by atoms with Gasteiger partial charge in [-0.15, -0.1) is 5.10 Å². The van der Waals surface area contributed by atoms with Gasteiger partial charge in [-0.2, -0.15) is 5.10 Å². The molecule has 7 heteroatoms. The molecule has 0 saturated heterocycles. The van der Waals surface area contributed by atoms with Crippen LogP contribution in [0.4, 0.5) is 0 Å². The van der Waals surface area contributed by atoms with Crippen molar-refractivity contribution in [3.8, 4) is 0 Å². The third-order valence-corrected chi connectivity index (χ3v) is 3.92. The van der Waals surface area contributed by atoms with E-state index in [0.29, 0.717) is 5.69 Å². The van der Waals surface area contributed by atoms with Crippen LogP contribution in [0.25, 0.3) is 0 Å². The Bertz CT molecular complexity index is 560. The van der Waals surface area contributed by atoms with Crippen LogP contribution in [-0.2, 0) is 13.6 Å². The second-order valence-corrected chi connectivity index (χ2v) is 5.78. The maximum Gasteiger partial charge on any atom is 0.129 e. The molecule has 2 aromatic heterocycles. The number of aliphatic hydroxyl groups is 1. The Hall–Kier alpha value is -0.960. The van der Waals surface area contributed by atoms with E-state index < -0.39 is 6.10 Å². The van der Waals surface area contributed by atoms with Crippen molar-refractivity contribution in [2.24, 2.45) is 13.0 Å². The first kappa shape index (κ1) is 12.1. The summed E-state index contributed by atoms with van der Waals surface area (Å²) in [5.41, 5.74) is 1.36. The fourth-order valence-corrected chi connectivity index (χ4v) is 2.69. The standard InChI is InChI=1S/C11H14IN5O/c1-16-5-8(11(12)14-16)10(18)9-6-17(15-13-9)4-7-2-3-7/h5-7,10,18H,2-4H2,1H3. The van der Waals surface area contributed by atoms with E-state index in [0.717, 1.165) is 21.7 Å². The van der Waals surface area contributed by atoms with Gasteiger partial charge in [0.2, 0.25) is 0 Å². The van der Waals surface area contributed by atoms with Crippen LogP contribution in [0, 0.1) is 9.62 Å². The van der Waals surface area contributed by atoms with Crippen molar-refractivity contribution < 1.29 is 5.11 Å². The van der Waals surface area contributed by atoms with Gasteiger partial charge in [0.25, 0.3) is 0 Å². The van der Waals surface area contributed by atoms with E-state index in [4.69, 9.17) is 0 Å². The van der Waals surface area contributed by atoms with E-state index in [2.05, 4.69) is 38.0 Å². The van der Waals surface area contributed by atoms with Crippen LogP contribution in [-0.4, -0.2) is 29.9 Å². The van der Waals surface area contributed by atoms with Crippen LogP contribution >= 0.6 is 22.6 Å². The summed E-state index contributed by atoms with van der Waals surface area (Å²) in [7, 11) is 1.84. The molecule has 0 bridgehead atoms. The second kappa shape index (κ2) is 4.61. The predicted octanol–water partition coefficient (Wildman–Crippen LogP) is 1.11. The molecule has 1 aliphatic rings. The van der Waals surface area contributed by atoms with E-state index in [9.17, 15) is 5.11 Å². The Morgan fingerprint density at radius 1 is 1.50 bits per heavy atom. The van der Waals surface area contributed by atoms with Crippen molar-refractivity contribution in [1.29, 1.82) is 0 Å². The number of aryl methyl sites for hydroxylation is 1. The molecule has 2 heterocycles. The summed E-state index contributed by atoms with van der Waals surface area (Å²) in [6, 6.07) is 0. The van der Waals surface area contributed by atoms with Crippen LogP contribution in [0.2, 0.25) is 0 Å². The van der Waals surface area contributed by atoms with E-state index >= 15 is 0 Å². The van der Waals surface area contributed by atoms with Gasteiger partial charge in [0.1, 0.15) is 15.5 Å². The smallest absolute Gasteiger partial charge is 0.129 e. The largest absolute Gasteiger partial charge is 0.382 e. The van der Waals surface area contributed by atoms with Crippen molar-refractivity contribution >= 4 is 22.6 Å². The van der Waals surface area contributed by atoms with Gasteiger partial charge in [-0.05, 0) is 41.4 Å². The van der Waals surface area contributed by atoms with Gasteiger partial charge in [0.15, 0.2) is 0 Å². The summed E-state index contributed by atoms with van der Waals surface area (Å²) in [4.78, 5) is 0. The van der Waals surface area contributed by atoms with Gasteiger partial charge in [-0.3, -0.25) is 9.36 Å². The predicted molar refractivity (Wildman–Crippen MR) is 72.7 cm³/mol. The van der Waals surface area contributed by atoms with Crippen molar-refractivity contribution in [2.45, 2.75) is 25.5 Å². The van der Waals surface area contributed by atoms with Gasteiger partial charge >= 0.3 is 0 Å². The first-order valence-corrected chi connectivity index (χ1v) is 6.98. The van der Waals surface area contributed by atoms with E-state index in [1.807, 2.05) is 24.1 Å². The molecule has 18 heavy (non-hydrogen) atoms. The van der Waals surface area contributed by atoms with Crippen LogP contribution in [0.15, 0.2) is 12.4 Å². The summed E-state index contributed by atoms with van der Waals surface area (Å²) < 4.78 is 4.30. The Kier molecular flexibility index (Phi) is 3.10. The SMILES string of the molecule is Cn1cc(C(O)c2cn(CC3CC3)nn2)c(I)n1. The van der Waals surface area contributed by atoms with Crippen LogP contribution < -0.4 is 0 Å². The summed E-state index contributed by atoms with van der Waals surface area (Å²) in [5, 5.41) is 22.6. The maximum atomic E-state index is 10.3. The fourth-order valence-electron chi connectivity index (χ4n) is 1.92. The molecule has 2 aromatic rings. The number of hydrogen-bond donors (Lipinski definition) is 1. The first-order valence-electron chi connectivity index (χ1n) is 5.90. The van der Waals surface area contributed by atoms with Gasteiger partial charge < -0.3 is 5.11 Å². The lowest BCUT2D eigenvalue weighted by Gasteiger charge is -2.04. The van der Waals surface area contributed by atoms with Crippen LogP contribution in [0.3, 0.4) is 0 Å². The zero-order chi connectivity index (χ0) is 12.7. The topological polar surface area (TPSA) is 68.8 Å². The first-order chi connectivity index (χ1) is 8.63.